The highest BCUT2D eigenvalue weighted by Gasteiger charge is 2.16. The summed E-state index contributed by atoms with van der Waals surface area (Å²) in [6, 6.07) is 19.2. The third-order valence-corrected chi connectivity index (χ3v) is 4.28. The van der Waals surface area contributed by atoms with Crippen molar-refractivity contribution in [2.24, 2.45) is 0 Å². The largest absolute Gasteiger partial charge is 0.497 e. The molecule has 0 aliphatic carbocycles. The summed E-state index contributed by atoms with van der Waals surface area (Å²) in [5.74, 6) is 1.20. The molecular formula is C21H21NO3. The Morgan fingerprint density at radius 3 is 2.16 bits per heavy atom. The lowest BCUT2D eigenvalue weighted by Crippen LogP contribution is -2.27. The van der Waals surface area contributed by atoms with Crippen molar-refractivity contribution in [3.05, 3.63) is 71.8 Å². The number of methoxy groups -OCH3 is 2. The van der Waals surface area contributed by atoms with Crippen molar-refractivity contribution in [3.8, 4) is 11.5 Å². The Balaban J connectivity index is 1.85. The summed E-state index contributed by atoms with van der Waals surface area (Å²) in [7, 11) is 3.21. The van der Waals surface area contributed by atoms with Crippen LogP contribution < -0.4 is 14.8 Å². The van der Waals surface area contributed by atoms with Gasteiger partial charge in [-0.3, -0.25) is 4.79 Å². The average Bonchev–Trinajstić information content (AvgIpc) is 2.66. The average molecular weight is 335 g/mol. The van der Waals surface area contributed by atoms with Crippen molar-refractivity contribution < 1.29 is 14.3 Å². The third-order valence-electron chi connectivity index (χ3n) is 4.28. The summed E-state index contributed by atoms with van der Waals surface area (Å²) in [4.78, 5) is 12.8. The summed E-state index contributed by atoms with van der Waals surface area (Å²) in [6.07, 6.45) is 0. The van der Waals surface area contributed by atoms with Crippen LogP contribution in [0.15, 0.2) is 60.7 Å². The van der Waals surface area contributed by atoms with Crippen molar-refractivity contribution >= 4 is 16.7 Å². The Morgan fingerprint density at radius 1 is 0.920 bits per heavy atom. The number of hydrogen-bond acceptors (Lipinski definition) is 3. The van der Waals surface area contributed by atoms with Crippen molar-refractivity contribution in [2.75, 3.05) is 14.2 Å². The molecule has 0 saturated heterocycles. The normalized spacial score (nSPS) is 11.8. The van der Waals surface area contributed by atoms with Gasteiger partial charge >= 0.3 is 0 Å². The van der Waals surface area contributed by atoms with E-state index in [-0.39, 0.29) is 11.9 Å². The molecule has 3 rings (SSSR count). The number of rotatable bonds is 5. The van der Waals surface area contributed by atoms with E-state index in [0.717, 1.165) is 22.1 Å². The molecule has 0 fully saturated rings. The van der Waals surface area contributed by atoms with Gasteiger partial charge in [0.05, 0.1) is 25.8 Å². The van der Waals surface area contributed by atoms with E-state index in [1.54, 1.807) is 14.2 Å². The molecule has 25 heavy (non-hydrogen) atoms. The Kier molecular flexibility index (Phi) is 4.89. The molecular weight excluding hydrogens is 314 g/mol. The van der Waals surface area contributed by atoms with E-state index in [4.69, 9.17) is 9.47 Å². The van der Waals surface area contributed by atoms with Gasteiger partial charge in [-0.2, -0.15) is 0 Å². The molecule has 1 atom stereocenters. The standard InChI is InChI=1S/C21H21NO3/c1-14(15-8-10-18(24-2)11-9-15)22-21(23)19-12-16-6-4-5-7-17(16)13-20(19)25-3/h4-14H,1-3H3,(H,22,23)/t14-/m1/s1. The van der Waals surface area contributed by atoms with Crippen LogP contribution in [0.2, 0.25) is 0 Å². The zero-order valence-corrected chi connectivity index (χ0v) is 14.6. The summed E-state index contributed by atoms with van der Waals surface area (Å²) < 4.78 is 10.6. The van der Waals surface area contributed by atoms with Crippen LogP contribution in [0.1, 0.15) is 28.9 Å². The van der Waals surface area contributed by atoms with Gasteiger partial charge in [-0.15, -0.1) is 0 Å². The van der Waals surface area contributed by atoms with Crippen LogP contribution in [0.5, 0.6) is 11.5 Å². The van der Waals surface area contributed by atoms with Crippen LogP contribution >= 0.6 is 0 Å². The zero-order valence-electron chi connectivity index (χ0n) is 14.6. The first-order chi connectivity index (χ1) is 12.1. The molecule has 0 aliphatic heterocycles. The molecule has 0 aliphatic rings. The van der Waals surface area contributed by atoms with Crippen LogP contribution in [0.25, 0.3) is 10.8 Å². The molecule has 3 aromatic carbocycles. The van der Waals surface area contributed by atoms with E-state index in [1.807, 2.05) is 67.6 Å². The minimum absolute atomic E-state index is 0.130. The molecule has 1 N–H and O–H groups in total. The Morgan fingerprint density at radius 2 is 1.56 bits per heavy atom. The predicted molar refractivity (Wildman–Crippen MR) is 99.4 cm³/mol. The van der Waals surface area contributed by atoms with E-state index >= 15 is 0 Å². The van der Waals surface area contributed by atoms with E-state index in [9.17, 15) is 4.79 Å². The summed E-state index contributed by atoms with van der Waals surface area (Å²) in [5, 5.41) is 5.08. The smallest absolute Gasteiger partial charge is 0.255 e. The highest BCUT2D eigenvalue weighted by atomic mass is 16.5. The fourth-order valence-corrected chi connectivity index (χ4v) is 2.82. The third kappa shape index (κ3) is 3.58. The van der Waals surface area contributed by atoms with Gasteiger partial charge in [0.15, 0.2) is 0 Å². The van der Waals surface area contributed by atoms with Gasteiger partial charge in [-0.25, -0.2) is 0 Å². The number of nitrogens with one attached hydrogen (secondary N) is 1. The lowest BCUT2D eigenvalue weighted by molar-refractivity contribution is 0.0937. The number of hydrogen-bond donors (Lipinski definition) is 1. The maximum absolute atomic E-state index is 12.8. The Bertz CT molecular complexity index is 887. The quantitative estimate of drug-likeness (QED) is 0.754. The molecule has 0 saturated carbocycles. The van der Waals surface area contributed by atoms with Crippen LogP contribution in [0.4, 0.5) is 0 Å². The molecule has 0 heterocycles. The second kappa shape index (κ2) is 7.26. The molecule has 3 aromatic rings. The van der Waals surface area contributed by atoms with Crippen molar-refractivity contribution in [3.63, 3.8) is 0 Å². The molecule has 0 radical (unpaired) electrons. The summed E-state index contributed by atoms with van der Waals surface area (Å²) in [6.45, 7) is 1.95. The van der Waals surface area contributed by atoms with Crippen molar-refractivity contribution in [2.45, 2.75) is 13.0 Å². The fourth-order valence-electron chi connectivity index (χ4n) is 2.82. The van der Waals surface area contributed by atoms with Crippen LogP contribution in [-0.4, -0.2) is 20.1 Å². The zero-order chi connectivity index (χ0) is 17.8. The van der Waals surface area contributed by atoms with Crippen molar-refractivity contribution in [1.29, 1.82) is 0 Å². The number of ether oxygens (including phenoxy) is 2. The van der Waals surface area contributed by atoms with Gasteiger partial charge in [0.2, 0.25) is 0 Å². The first-order valence-corrected chi connectivity index (χ1v) is 8.14. The Labute approximate surface area is 147 Å². The second-order valence-electron chi connectivity index (χ2n) is 5.87. The molecule has 0 bridgehead atoms. The van der Waals surface area contributed by atoms with Gasteiger partial charge in [0, 0.05) is 0 Å². The van der Waals surface area contributed by atoms with Gasteiger partial charge in [-0.05, 0) is 47.5 Å². The number of amides is 1. The molecule has 128 valence electrons. The number of carbonyl (C=O) groups is 1. The van der Waals surface area contributed by atoms with Crippen molar-refractivity contribution in [1.82, 2.24) is 5.32 Å². The van der Waals surface area contributed by atoms with Gasteiger partial charge in [0.25, 0.3) is 5.91 Å². The number of fused-ring (bicyclic) bond motifs is 1. The van der Waals surface area contributed by atoms with E-state index in [0.29, 0.717) is 11.3 Å². The highest BCUT2D eigenvalue weighted by Crippen LogP contribution is 2.27. The first kappa shape index (κ1) is 16.8. The maximum atomic E-state index is 12.8. The van der Waals surface area contributed by atoms with Gasteiger partial charge < -0.3 is 14.8 Å². The van der Waals surface area contributed by atoms with Gasteiger partial charge in [0.1, 0.15) is 11.5 Å². The molecule has 1 amide bonds. The summed E-state index contributed by atoms with van der Waals surface area (Å²) >= 11 is 0. The van der Waals surface area contributed by atoms with Crippen LogP contribution in [0, 0.1) is 0 Å². The minimum atomic E-state index is -0.161. The maximum Gasteiger partial charge on any atom is 0.255 e. The molecule has 4 nitrogen and oxygen atoms in total. The highest BCUT2D eigenvalue weighted by molar-refractivity contribution is 6.01. The van der Waals surface area contributed by atoms with E-state index in [2.05, 4.69) is 5.32 Å². The molecule has 0 spiro atoms. The van der Waals surface area contributed by atoms with E-state index < -0.39 is 0 Å². The topological polar surface area (TPSA) is 47.6 Å². The fraction of sp³-hybridized carbons (Fsp3) is 0.190. The predicted octanol–water partition coefficient (Wildman–Crippen LogP) is 4.35. The van der Waals surface area contributed by atoms with Gasteiger partial charge in [-0.1, -0.05) is 36.4 Å². The number of benzene rings is 3. The molecule has 0 aromatic heterocycles. The lowest BCUT2D eigenvalue weighted by Gasteiger charge is -2.16. The lowest BCUT2D eigenvalue weighted by atomic mass is 10.0. The SMILES string of the molecule is COc1ccc([C@@H](C)NC(=O)c2cc3ccccc3cc2OC)cc1. The number of carbonyl (C=O) groups excluding carboxylic acids is 1. The first-order valence-electron chi connectivity index (χ1n) is 8.14. The van der Waals surface area contributed by atoms with Crippen LogP contribution in [0.3, 0.4) is 0 Å². The van der Waals surface area contributed by atoms with Crippen LogP contribution in [-0.2, 0) is 0 Å². The monoisotopic (exact) mass is 335 g/mol. The van der Waals surface area contributed by atoms with E-state index in [1.165, 1.54) is 0 Å². The summed E-state index contributed by atoms with van der Waals surface area (Å²) in [5.41, 5.74) is 1.54. The Hall–Kier alpha value is -3.01. The molecule has 0 unspecified atom stereocenters. The second-order valence-corrected chi connectivity index (χ2v) is 5.87. The minimum Gasteiger partial charge on any atom is -0.497 e. The molecule has 4 heteroatoms.